The molecule has 1 unspecified atom stereocenters. The lowest BCUT2D eigenvalue weighted by Crippen LogP contribution is -2.16. The molecule has 1 heterocycles. The van der Waals surface area contributed by atoms with E-state index in [1.54, 1.807) is 19.3 Å². The maximum atomic E-state index is 11.5. The van der Waals surface area contributed by atoms with Crippen LogP contribution in [0.2, 0.25) is 0 Å². The summed E-state index contributed by atoms with van der Waals surface area (Å²) in [4.78, 5) is 0.136. The van der Waals surface area contributed by atoms with Crippen LogP contribution in [0.4, 0.5) is 5.69 Å². The summed E-state index contributed by atoms with van der Waals surface area (Å²) in [5, 5.41) is 8.51. The third-order valence-electron chi connectivity index (χ3n) is 3.22. The zero-order valence-corrected chi connectivity index (χ0v) is 12.3. The second kappa shape index (κ2) is 5.68. The number of nitrogens with one attached hydrogen (secondary N) is 1. The van der Waals surface area contributed by atoms with Gasteiger partial charge in [-0.2, -0.15) is 0 Å². The van der Waals surface area contributed by atoms with E-state index in [0.717, 1.165) is 17.9 Å². The number of hydrogen-bond donors (Lipinski definition) is 2. The zero-order chi connectivity index (χ0) is 14.8. The summed E-state index contributed by atoms with van der Waals surface area (Å²) in [6.07, 6.45) is 2.43. The Morgan fingerprint density at radius 3 is 2.60 bits per heavy atom. The van der Waals surface area contributed by atoms with Crippen LogP contribution in [0.15, 0.2) is 45.9 Å². The first-order valence-corrected chi connectivity index (χ1v) is 7.90. The van der Waals surface area contributed by atoms with Gasteiger partial charge in [-0.1, -0.05) is 13.0 Å². The van der Waals surface area contributed by atoms with E-state index in [-0.39, 0.29) is 10.9 Å². The zero-order valence-electron chi connectivity index (χ0n) is 11.5. The molecule has 6 heteroatoms. The first-order chi connectivity index (χ1) is 9.43. The molecular formula is C14H18N2O3S. The Balaban J connectivity index is 2.35. The maximum absolute atomic E-state index is 11.5. The number of sulfonamides is 1. The summed E-state index contributed by atoms with van der Waals surface area (Å²) >= 11 is 0. The molecule has 0 saturated carbocycles. The minimum absolute atomic E-state index is 0.0144. The van der Waals surface area contributed by atoms with Crippen molar-refractivity contribution in [2.75, 3.05) is 5.32 Å². The number of nitrogens with two attached hydrogens (primary N) is 1. The molecule has 20 heavy (non-hydrogen) atoms. The average molecular weight is 294 g/mol. The maximum Gasteiger partial charge on any atom is 0.238 e. The molecule has 2 rings (SSSR count). The Morgan fingerprint density at radius 1 is 1.30 bits per heavy atom. The highest BCUT2D eigenvalue weighted by molar-refractivity contribution is 7.89. The molecule has 0 radical (unpaired) electrons. The van der Waals surface area contributed by atoms with Gasteiger partial charge in [-0.25, -0.2) is 13.6 Å². The van der Waals surface area contributed by atoms with Crippen molar-refractivity contribution in [1.82, 2.24) is 0 Å². The molecule has 0 spiro atoms. The summed E-state index contributed by atoms with van der Waals surface area (Å²) in [5.41, 5.74) is 1.35. The van der Waals surface area contributed by atoms with Crippen molar-refractivity contribution in [3.63, 3.8) is 0 Å². The standard InChI is InChI=1S/C14H18N2O3S/c1-3-11(13-7-5-9-19-13)16-12-6-4-8-14(10(12)2)20(15,17)18/h4-9,11,16H,3H2,1-2H3,(H2,15,17,18). The topological polar surface area (TPSA) is 85.3 Å². The number of anilines is 1. The molecule has 1 aromatic heterocycles. The van der Waals surface area contributed by atoms with E-state index < -0.39 is 10.0 Å². The second-order valence-electron chi connectivity index (χ2n) is 4.59. The molecule has 0 aliphatic heterocycles. The number of rotatable bonds is 5. The van der Waals surface area contributed by atoms with Crippen molar-refractivity contribution in [1.29, 1.82) is 0 Å². The molecule has 2 aromatic rings. The van der Waals surface area contributed by atoms with Crippen LogP contribution >= 0.6 is 0 Å². The van der Waals surface area contributed by atoms with Gasteiger partial charge in [-0.15, -0.1) is 0 Å². The van der Waals surface area contributed by atoms with Crippen molar-refractivity contribution >= 4 is 15.7 Å². The molecule has 1 atom stereocenters. The molecule has 0 saturated heterocycles. The lowest BCUT2D eigenvalue weighted by Gasteiger charge is -2.18. The lowest BCUT2D eigenvalue weighted by atomic mass is 10.1. The monoisotopic (exact) mass is 294 g/mol. The minimum atomic E-state index is -3.72. The Kier molecular flexibility index (Phi) is 4.15. The lowest BCUT2D eigenvalue weighted by molar-refractivity contribution is 0.474. The van der Waals surface area contributed by atoms with E-state index in [1.807, 2.05) is 25.1 Å². The third-order valence-corrected chi connectivity index (χ3v) is 4.27. The molecule has 108 valence electrons. The highest BCUT2D eigenvalue weighted by Crippen LogP contribution is 2.28. The van der Waals surface area contributed by atoms with Crippen LogP contribution in [0.3, 0.4) is 0 Å². The highest BCUT2D eigenvalue weighted by Gasteiger charge is 2.17. The Hall–Kier alpha value is -1.79. The molecular weight excluding hydrogens is 276 g/mol. The van der Waals surface area contributed by atoms with E-state index in [0.29, 0.717) is 5.56 Å². The van der Waals surface area contributed by atoms with E-state index >= 15 is 0 Å². The fourth-order valence-corrected chi connectivity index (χ4v) is 2.94. The number of primary sulfonamides is 1. The molecule has 5 nitrogen and oxygen atoms in total. The highest BCUT2D eigenvalue weighted by atomic mass is 32.2. The van der Waals surface area contributed by atoms with Crippen molar-refractivity contribution in [3.8, 4) is 0 Å². The van der Waals surface area contributed by atoms with Gasteiger partial charge in [0.05, 0.1) is 17.2 Å². The average Bonchev–Trinajstić information content (AvgIpc) is 2.90. The molecule has 0 aliphatic rings. The van der Waals surface area contributed by atoms with Crippen LogP contribution in [0.25, 0.3) is 0 Å². The summed E-state index contributed by atoms with van der Waals surface area (Å²) < 4.78 is 28.4. The van der Waals surface area contributed by atoms with Gasteiger partial charge in [0, 0.05) is 5.69 Å². The van der Waals surface area contributed by atoms with Crippen molar-refractivity contribution in [2.45, 2.75) is 31.2 Å². The number of benzene rings is 1. The predicted molar refractivity (Wildman–Crippen MR) is 77.9 cm³/mol. The molecule has 0 aliphatic carbocycles. The summed E-state index contributed by atoms with van der Waals surface area (Å²) in [5.74, 6) is 0.813. The van der Waals surface area contributed by atoms with E-state index in [2.05, 4.69) is 5.32 Å². The minimum Gasteiger partial charge on any atom is -0.467 e. The fraction of sp³-hybridized carbons (Fsp3) is 0.286. The second-order valence-corrected chi connectivity index (χ2v) is 6.12. The Morgan fingerprint density at radius 2 is 2.05 bits per heavy atom. The fourth-order valence-electron chi connectivity index (χ4n) is 2.13. The molecule has 3 N–H and O–H groups in total. The molecule has 0 amide bonds. The van der Waals surface area contributed by atoms with Gasteiger partial charge in [0.25, 0.3) is 0 Å². The number of furan rings is 1. The van der Waals surface area contributed by atoms with Crippen molar-refractivity contribution in [3.05, 3.63) is 47.9 Å². The van der Waals surface area contributed by atoms with Crippen LogP contribution in [0.5, 0.6) is 0 Å². The normalized spacial score (nSPS) is 13.2. The summed E-state index contributed by atoms with van der Waals surface area (Å²) in [6, 6.07) is 8.70. The first kappa shape index (κ1) is 14.6. The molecule has 0 fully saturated rings. The van der Waals surface area contributed by atoms with Crippen LogP contribution < -0.4 is 10.5 Å². The number of hydrogen-bond acceptors (Lipinski definition) is 4. The van der Waals surface area contributed by atoms with Crippen LogP contribution in [0.1, 0.15) is 30.7 Å². The van der Waals surface area contributed by atoms with Gasteiger partial charge >= 0.3 is 0 Å². The molecule has 0 bridgehead atoms. The Labute approximate surface area is 118 Å². The summed E-state index contributed by atoms with van der Waals surface area (Å²) in [6.45, 7) is 3.76. The van der Waals surface area contributed by atoms with Gasteiger partial charge in [-0.3, -0.25) is 0 Å². The van der Waals surface area contributed by atoms with Crippen LogP contribution in [-0.4, -0.2) is 8.42 Å². The predicted octanol–water partition coefficient (Wildman–Crippen LogP) is 2.80. The molecule has 1 aromatic carbocycles. The van der Waals surface area contributed by atoms with Gasteiger partial charge in [0.2, 0.25) is 10.0 Å². The SMILES string of the molecule is CCC(Nc1cccc(S(N)(=O)=O)c1C)c1ccco1. The first-order valence-electron chi connectivity index (χ1n) is 6.36. The van der Waals surface area contributed by atoms with E-state index in [1.165, 1.54) is 6.07 Å². The van der Waals surface area contributed by atoms with Gasteiger partial charge < -0.3 is 9.73 Å². The van der Waals surface area contributed by atoms with E-state index in [4.69, 9.17) is 9.56 Å². The van der Waals surface area contributed by atoms with E-state index in [9.17, 15) is 8.42 Å². The van der Waals surface area contributed by atoms with Gasteiger partial charge in [0.15, 0.2) is 0 Å². The summed E-state index contributed by atoms with van der Waals surface area (Å²) in [7, 11) is -3.72. The van der Waals surface area contributed by atoms with Gasteiger partial charge in [0.1, 0.15) is 5.76 Å². The largest absolute Gasteiger partial charge is 0.467 e. The van der Waals surface area contributed by atoms with Crippen molar-refractivity contribution < 1.29 is 12.8 Å². The van der Waals surface area contributed by atoms with Crippen LogP contribution in [0, 0.1) is 6.92 Å². The van der Waals surface area contributed by atoms with Crippen molar-refractivity contribution in [2.24, 2.45) is 5.14 Å². The van der Waals surface area contributed by atoms with Gasteiger partial charge in [-0.05, 0) is 43.2 Å². The Bertz CT molecular complexity index is 678. The van der Waals surface area contributed by atoms with Crippen LogP contribution in [-0.2, 0) is 10.0 Å². The quantitative estimate of drug-likeness (QED) is 0.888. The third kappa shape index (κ3) is 3.02. The smallest absolute Gasteiger partial charge is 0.238 e.